The highest BCUT2D eigenvalue weighted by molar-refractivity contribution is 7.99. The van der Waals surface area contributed by atoms with Gasteiger partial charge in [-0.2, -0.15) is 14.6 Å². The molecular formula is C14H11N7S2. The van der Waals surface area contributed by atoms with E-state index in [0.29, 0.717) is 16.8 Å². The zero-order chi connectivity index (χ0) is 15.6. The Morgan fingerprint density at radius 2 is 2.13 bits per heavy atom. The molecule has 3 aromatic heterocycles. The molecule has 0 aliphatic rings. The zero-order valence-electron chi connectivity index (χ0n) is 12.0. The molecule has 4 aromatic rings. The van der Waals surface area contributed by atoms with Crippen LogP contribution in [0.5, 0.6) is 0 Å². The number of aryl methyl sites for hydroxylation is 1. The molecule has 0 bridgehead atoms. The largest absolute Gasteiger partial charge is 0.322 e. The number of hydrogen-bond donors (Lipinski definition) is 2. The van der Waals surface area contributed by atoms with Gasteiger partial charge in [-0.3, -0.25) is 5.10 Å². The van der Waals surface area contributed by atoms with Crippen LogP contribution in [0.1, 0.15) is 5.69 Å². The van der Waals surface area contributed by atoms with Crippen LogP contribution in [0.2, 0.25) is 0 Å². The molecule has 0 amide bonds. The quantitative estimate of drug-likeness (QED) is 0.587. The third-order valence-corrected chi connectivity index (χ3v) is 4.64. The molecule has 0 radical (unpaired) electrons. The number of nitrogens with one attached hydrogen (secondary N) is 2. The molecule has 23 heavy (non-hydrogen) atoms. The molecule has 0 atom stereocenters. The maximum Gasteiger partial charge on any atom is 0.215 e. The summed E-state index contributed by atoms with van der Waals surface area (Å²) < 4.78 is 5.32. The SMILES string of the molecule is Cc1cc(Nc2cnnc(Sc3ccc4cnsc4c3)n2)n[nH]1. The second-order valence-electron chi connectivity index (χ2n) is 4.81. The summed E-state index contributed by atoms with van der Waals surface area (Å²) in [6.07, 6.45) is 3.43. The van der Waals surface area contributed by atoms with E-state index in [1.807, 2.05) is 31.3 Å². The van der Waals surface area contributed by atoms with E-state index in [-0.39, 0.29) is 0 Å². The van der Waals surface area contributed by atoms with Gasteiger partial charge in [0, 0.05) is 28.2 Å². The van der Waals surface area contributed by atoms with Gasteiger partial charge in [0.2, 0.25) is 5.16 Å². The van der Waals surface area contributed by atoms with Crippen molar-refractivity contribution in [1.82, 2.24) is 29.8 Å². The Hall–Kier alpha value is -2.52. The maximum absolute atomic E-state index is 4.45. The molecule has 0 saturated heterocycles. The van der Waals surface area contributed by atoms with Crippen LogP contribution in [0.3, 0.4) is 0 Å². The van der Waals surface area contributed by atoms with Gasteiger partial charge < -0.3 is 5.32 Å². The molecule has 0 unspecified atom stereocenters. The average molecular weight is 341 g/mol. The van der Waals surface area contributed by atoms with E-state index in [2.05, 4.69) is 41.1 Å². The summed E-state index contributed by atoms with van der Waals surface area (Å²) >= 11 is 2.94. The van der Waals surface area contributed by atoms with Gasteiger partial charge in [0.15, 0.2) is 11.6 Å². The van der Waals surface area contributed by atoms with Crippen molar-refractivity contribution in [2.24, 2.45) is 0 Å². The third-order valence-electron chi connectivity index (χ3n) is 3.04. The number of aromatic amines is 1. The predicted octanol–water partition coefficient (Wildman–Crippen LogP) is 3.41. The highest BCUT2D eigenvalue weighted by atomic mass is 32.2. The van der Waals surface area contributed by atoms with Crippen LogP contribution in [0, 0.1) is 6.92 Å². The Morgan fingerprint density at radius 3 is 3.00 bits per heavy atom. The van der Waals surface area contributed by atoms with Gasteiger partial charge in [-0.05, 0) is 42.4 Å². The van der Waals surface area contributed by atoms with Crippen LogP contribution in [0.15, 0.2) is 46.7 Å². The lowest BCUT2D eigenvalue weighted by atomic mass is 10.3. The summed E-state index contributed by atoms with van der Waals surface area (Å²) in [6.45, 7) is 1.94. The molecule has 7 nitrogen and oxygen atoms in total. The van der Waals surface area contributed by atoms with E-state index in [1.165, 1.54) is 23.3 Å². The van der Waals surface area contributed by atoms with Gasteiger partial charge in [-0.1, -0.05) is 6.07 Å². The van der Waals surface area contributed by atoms with E-state index in [4.69, 9.17) is 0 Å². The highest BCUT2D eigenvalue weighted by Crippen LogP contribution is 2.29. The van der Waals surface area contributed by atoms with E-state index in [0.717, 1.165) is 20.7 Å². The van der Waals surface area contributed by atoms with Crippen molar-refractivity contribution in [1.29, 1.82) is 0 Å². The van der Waals surface area contributed by atoms with Crippen molar-refractivity contribution in [2.75, 3.05) is 5.32 Å². The Morgan fingerprint density at radius 1 is 1.17 bits per heavy atom. The second-order valence-corrected chi connectivity index (χ2v) is 6.69. The smallest absolute Gasteiger partial charge is 0.215 e. The molecule has 1 aromatic carbocycles. The van der Waals surface area contributed by atoms with Gasteiger partial charge in [0.25, 0.3) is 0 Å². The van der Waals surface area contributed by atoms with Crippen molar-refractivity contribution in [2.45, 2.75) is 17.0 Å². The number of rotatable bonds is 4. The number of H-pyrrole nitrogens is 1. The first kappa shape index (κ1) is 14.1. The van der Waals surface area contributed by atoms with E-state index >= 15 is 0 Å². The summed E-state index contributed by atoms with van der Waals surface area (Å²) in [7, 11) is 0. The Kier molecular flexibility index (Phi) is 3.64. The monoisotopic (exact) mass is 341 g/mol. The minimum absolute atomic E-state index is 0.575. The number of hydrogen-bond acceptors (Lipinski definition) is 8. The molecule has 2 N–H and O–H groups in total. The molecule has 0 saturated carbocycles. The van der Waals surface area contributed by atoms with Crippen LogP contribution in [0.25, 0.3) is 10.1 Å². The molecule has 3 heterocycles. The van der Waals surface area contributed by atoms with Gasteiger partial charge >= 0.3 is 0 Å². The zero-order valence-corrected chi connectivity index (χ0v) is 13.6. The molecular weight excluding hydrogens is 330 g/mol. The Balaban J connectivity index is 1.55. The summed E-state index contributed by atoms with van der Waals surface area (Å²) in [5.74, 6) is 1.30. The maximum atomic E-state index is 4.45. The third kappa shape index (κ3) is 3.15. The number of nitrogens with zero attached hydrogens (tertiary/aromatic N) is 5. The molecule has 4 rings (SSSR count). The predicted molar refractivity (Wildman–Crippen MR) is 90.2 cm³/mol. The molecule has 0 fully saturated rings. The van der Waals surface area contributed by atoms with Crippen LogP contribution < -0.4 is 5.32 Å². The van der Waals surface area contributed by atoms with E-state index in [1.54, 1.807) is 6.20 Å². The molecule has 0 aliphatic heterocycles. The fourth-order valence-corrected chi connectivity index (χ4v) is 3.53. The number of anilines is 2. The Labute approximate surface area is 139 Å². The average Bonchev–Trinajstić information content (AvgIpc) is 3.16. The Bertz CT molecular complexity index is 962. The lowest BCUT2D eigenvalue weighted by Crippen LogP contribution is -1.98. The number of fused-ring (bicyclic) bond motifs is 1. The lowest BCUT2D eigenvalue weighted by Gasteiger charge is -2.03. The summed E-state index contributed by atoms with van der Waals surface area (Å²) in [4.78, 5) is 5.50. The highest BCUT2D eigenvalue weighted by Gasteiger charge is 2.06. The number of benzene rings is 1. The van der Waals surface area contributed by atoms with Gasteiger partial charge in [-0.15, -0.1) is 5.10 Å². The minimum atomic E-state index is 0.575. The first-order valence-corrected chi connectivity index (χ1v) is 8.36. The van der Waals surface area contributed by atoms with Gasteiger partial charge in [-0.25, -0.2) is 4.98 Å². The van der Waals surface area contributed by atoms with Crippen molar-refractivity contribution in [3.8, 4) is 0 Å². The van der Waals surface area contributed by atoms with Crippen molar-refractivity contribution >= 4 is 45.0 Å². The molecule has 114 valence electrons. The first-order valence-electron chi connectivity index (χ1n) is 6.77. The fraction of sp³-hybridized carbons (Fsp3) is 0.0714. The topological polar surface area (TPSA) is 92.3 Å². The van der Waals surface area contributed by atoms with E-state index in [9.17, 15) is 0 Å². The standard InChI is InChI=1S/C14H11N7S2/c1-8-4-12(20-19-8)17-13-7-15-21-14(18-13)22-10-3-2-9-6-16-23-11(9)5-10/h2-7H,1H3,(H2,17,18,19,20,21). The normalized spacial score (nSPS) is 11.0. The fourth-order valence-electron chi connectivity index (χ4n) is 2.01. The first-order chi connectivity index (χ1) is 11.3. The van der Waals surface area contributed by atoms with Gasteiger partial charge in [0.1, 0.15) is 0 Å². The van der Waals surface area contributed by atoms with Crippen molar-refractivity contribution in [3.05, 3.63) is 42.4 Å². The van der Waals surface area contributed by atoms with Crippen molar-refractivity contribution in [3.63, 3.8) is 0 Å². The molecule has 9 heteroatoms. The lowest BCUT2D eigenvalue weighted by molar-refractivity contribution is 0.843. The molecule has 0 aliphatic carbocycles. The minimum Gasteiger partial charge on any atom is -0.322 e. The summed E-state index contributed by atoms with van der Waals surface area (Å²) in [5, 5.41) is 19.9. The van der Waals surface area contributed by atoms with Crippen molar-refractivity contribution < 1.29 is 0 Å². The van der Waals surface area contributed by atoms with E-state index < -0.39 is 0 Å². The number of aromatic nitrogens is 6. The van der Waals surface area contributed by atoms with Crippen LogP contribution in [-0.4, -0.2) is 29.8 Å². The van der Waals surface area contributed by atoms with Crippen LogP contribution in [-0.2, 0) is 0 Å². The molecule has 0 spiro atoms. The van der Waals surface area contributed by atoms with Crippen LogP contribution in [0.4, 0.5) is 11.6 Å². The van der Waals surface area contributed by atoms with Gasteiger partial charge in [0.05, 0.1) is 10.9 Å². The summed E-state index contributed by atoms with van der Waals surface area (Å²) in [6, 6.07) is 8.05. The summed E-state index contributed by atoms with van der Waals surface area (Å²) in [5.41, 5.74) is 0.974. The van der Waals surface area contributed by atoms with Crippen LogP contribution >= 0.6 is 23.3 Å². The second kappa shape index (κ2) is 5.94.